The average Bonchev–Trinajstić information content (AvgIpc) is 2.35. The highest BCUT2D eigenvalue weighted by atomic mass is 79.9. The van der Waals surface area contributed by atoms with Gasteiger partial charge in [-0.1, -0.05) is 0 Å². The molecule has 0 saturated heterocycles. The van der Waals surface area contributed by atoms with E-state index in [4.69, 9.17) is 5.11 Å². The Morgan fingerprint density at radius 2 is 2.10 bits per heavy atom. The first-order valence-corrected chi connectivity index (χ1v) is 7.34. The smallest absolute Gasteiger partial charge is 0.319 e. The molecular formula is C14H18BrFN2O3. The molecule has 0 aliphatic carbocycles. The average molecular weight is 361 g/mol. The molecule has 0 heterocycles. The molecule has 5 nitrogen and oxygen atoms in total. The minimum atomic E-state index is -0.849. The first kappa shape index (κ1) is 17.4. The Labute approximate surface area is 131 Å². The maximum atomic E-state index is 13.3. The van der Waals surface area contributed by atoms with E-state index < -0.39 is 12.0 Å². The van der Waals surface area contributed by atoms with Gasteiger partial charge in [0.05, 0.1) is 4.47 Å². The van der Waals surface area contributed by atoms with Crippen molar-refractivity contribution in [3.8, 4) is 0 Å². The van der Waals surface area contributed by atoms with Gasteiger partial charge in [-0.15, -0.1) is 0 Å². The lowest BCUT2D eigenvalue weighted by molar-refractivity contribution is -0.137. The number of amides is 2. The molecule has 1 aromatic rings. The van der Waals surface area contributed by atoms with Crippen LogP contribution in [0.4, 0.5) is 14.9 Å². The van der Waals surface area contributed by atoms with Crippen molar-refractivity contribution >= 4 is 33.6 Å². The number of aliphatic carboxylic acids is 1. The van der Waals surface area contributed by atoms with Crippen LogP contribution >= 0.6 is 15.9 Å². The molecule has 0 spiro atoms. The monoisotopic (exact) mass is 360 g/mol. The van der Waals surface area contributed by atoms with Crippen molar-refractivity contribution in [2.24, 2.45) is 0 Å². The van der Waals surface area contributed by atoms with Crippen LogP contribution in [0.15, 0.2) is 16.6 Å². The van der Waals surface area contributed by atoms with E-state index in [9.17, 15) is 14.0 Å². The molecule has 0 fully saturated rings. The van der Waals surface area contributed by atoms with E-state index in [0.717, 1.165) is 0 Å². The molecule has 7 heteroatoms. The summed E-state index contributed by atoms with van der Waals surface area (Å²) in [6.45, 7) is 3.50. The maximum absolute atomic E-state index is 13.3. The Morgan fingerprint density at radius 1 is 1.43 bits per heavy atom. The number of hydrogen-bond donors (Lipinski definition) is 3. The van der Waals surface area contributed by atoms with Crippen LogP contribution in [0.5, 0.6) is 0 Å². The van der Waals surface area contributed by atoms with E-state index >= 15 is 0 Å². The molecule has 0 radical (unpaired) electrons. The van der Waals surface area contributed by atoms with Crippen LogP contribution in [0.1, 0.15) is 31.7 Å². The van der Waals surface area contributed by atoms with E-state index in [0.29, 0.717) is 24.1 Å². The standard InChI is InChI=1S/C14H18BrFN2O3/c1-8-6-11(16)10(15)7-12(8)18-14(21)17-9(2)4-3-5-13(19)20/h6-7,9H,3-5H2,1-2H3,(H,19,20)(H2,17,18,21). The van der Waals surface area contributed by atoms with Gasteiger partial charge in [-0.05, 0) is 60.3 Å². The number of carbonyl (C=O) groups excluding carboxylic acids is 1. The zero-order valence-electron chi connectivity index (χ0n) is 11.9. The molecule has 0 saturated carbocycles. The number of aryl methyl sites for hydroxylation is 1. The molecule has 1 atom stereocenters. The SMILES string of the molecule is Cc1cc(F)c(Br)cc1NC(=O)NC(C)CCCC(=O)O. The van der Waals surface area contributed by atoms with Crippen molar-refractivity contribution in [3.05, 3.63) is 28.0 Å². The first-order valence-electron chi connectivity index (χ1n) is 6.54. The molecular weight excluding hydrogens is 343 g/mol. The Bertz CT molecular complexity index is 537. The fraction of sp³-hybridized carbons (Fsp3) is 0.429. The second kappa shape index (κ2) is 7.97. The van der Waals surface area contributed by atoms with Crippen molar-refractivity contribution in [2.75, 3.05) is 5.32 Å². The summed E-state index contributed by atoms with van der Waals surface area (Å²) < 4.78 is 13.6. The largest absolute Gasteiger partial charge is 0.481 e. The third-order valence-electron chi connectivity index (χ3n) is 2.92. The number of rotatable bonds is 6. The molecule has 3 N–H and O–H groups in total. The fourth-order valence-corrected chi connectivity index (χ4v) is 2.14. The van der Waals surface area contributed by atoms with E-state index in [-0.39, 0.29) is 22.8 Å². The van der Waals surface area contributed by atoms with Gasteiger partial charge in [0.15, 0.2) is 0 Å². The number of benzene rings is 1. The first-order chi connectivity index (χ1) is 9.79. The molecule has 0 aliphatic rings. The van der Waals surface area contributed by atoms with Gasteiger partial charge in [-0.2, -0.15) is 0 Å². The minimum Gasteiger partial charge on any atom is -0.481 e. The summed E-state index contributed by atoms with van der Waals surface area (Å²) in [6.07, 6.45) is 1.15. The summed E-state index contributed by atoms with van der Waals surface area (Å²) >= 11 is 3.07. The predicted octanol–water partition coefficient (Wildman–Crippen LogP) is 3.66. The summed E-state index contributed by atoms with van der Waals surface area (Å²) in [5, 5.41) is 13.9. The molecule has 116 valence electrons. The Kier molecular flexibility index (Phi) is 6.61. The van der Waals surface area contributed by atoms with Crippen LogP contribution < -0.4 is 10.6 Å². The Morgan fingerprint density at radius 3 is 2.71 bits per heavy atom. The molecule has 0 bridgehead atoms. The molecule has 0 aromatic heterocycles. The third-order valence-corrected chi connectivity index (χ3v) is 3.53. The van der Waals surface area contributed by atoms with E-state index in [1.165, 1.54) is 12.1 Å². The second-order valence-corrected chi connectivity index (χ2v) is 5.72. The van der Waals surface area contributed by atoms with Crippen LogP contribution in [-0.4, -0.2) is 23.1 Å². The van der Waals surface area contributed by atoms with Gasteiger partial charge < -0.3 is 15.7 Å². The number of anilines is 1. The highest BCUT2D eigenvalue weighted by Gasteiger charge is 2.11. The number of carboxylic acids is 1. The number of carboxylic acid groups (broad SMARTS) is 1. The maximum Gasteiger partial charge on any atom is 0.319 e. The van der Waals surface area contributed by atoms with Crippen molar-refractivity contribution in [1.29, 1.82) is 0 Å². The Balaban J connectivity index is 2.50. The quantitative estimate of drug-likeness (QED) is 0.724. The summed E-state index contributed by atoms with van der Waals surface area (Å²) in [6, 6.07) is 2.28. The van der Waals surface area contributed by atoms with Gasteiger partial charge >= 0.3 is 12.0 Å². The van der Waals surface area contributed by atoms with Gasteiger partial charge in [0.2, 0.25) is 0 Å². The zero-order chi connectivity index (χ0) is 16.0. The van der Waals surface area contributed by atoms with Crippen molar-refractivity contribution in [1.82, 2.24) is 5.32 Å². The van der Waals surface area contributed by atoms with E-state index in [2.05, 4.69) is 26.6 Å². The zero-order valence-corrected chi connectivity index (χ0v) is 13.5. The summed E-state index contributed by atoms with van der Waals surface area (Å²) in [5.41, 5.74) is 1.13. The van der Waals surface area contributed by atoms with Crippen LogP contribution in [0.3, 0.4) is 0 Å². The van der Waals surface area contributed by atoms with Gasteiger partial charge in [0, 0.05) is 18.2 Å². The van der Waals surface area contributed by atoms with Crippen molar-refractivity contribution in [3.63, 3.8) is 0 Å². The fourth-order valence-electron chi connectivity index (χ4n) is 1.79. The normalized spacial score (nSPS) is 11.8. The van der Waals surface area contributed by atoms with Crippen molar-refractivity contribution in [2.45, 2.75) is 39.2 Å². The summed E-state index contributed by atoms with van der Waals surface area (Å²) in [4.78, 5) is 22.2. The van der Waals surface area contributed by atoms with Gasteiger partial charge in [0.1, 0.15) is 5.82 Å². The van der Waals surface area contributed by atoms with Gasteiger partial charge in [-0.3, -0.25) is 4.79 Å². The molecule has 21 heavy (non-hydrogen) atoms. The lowest BCUT2D eigenvalue weighted by atomic mass is 10.1. The van der Waals surface area contributed by atoms with Crippen LogP contribution in [0.2, 0.25) is 0 Å². The summed E-state index contributed by atoms with van der Waals surface area (Å²) in [7, 11) is 0. The molecule has 2 amide bonds. The topological polar surface area (TPSA) is 78.4 Å². The van der Waals surface area contributed by atoms with Crippen molar-refractivity contribution < 1.29 is 19.1 Å². The van der Waals surface area contributed by atoms with E-state index in [1.54, 1.807) is 13.8 Å². The molecule has 1 unspecified atom stereocenters. The van der Waals surface area contributed by atoms with Crippen LogP contribution in [0.25, 0.3) is 0 Å². The molecule has 1 aromatic carbocycles. The summed E-state index contributed by atoms with van der Waals surface area (Å²) in [5.74, 6) is -1.24. The minimum absolute atomic E-state index is 0.0810. The molecule has 0 aliphatic heterocycles. The third kappa shape index (κ3) is 6.12. The predicted molar refractivity (Wildman–Crippen MR) is 81.9 cm³/mol. The van der Waals surface area contributed by atoms with Gasteiger partial charge in [0.25, 0.3) is 0 Å². The van der Waals surface area contributed by atoms with Crippen LogP contribution in [0, 0.1) is 12.7 Å². The lowest BCUT2D eigenvalue weighted by Crippen LogP contribution is -2.36. The number of hydrogen-bond acceptors (Lipinski definition) is 2. The lowest BCUT2D eigenvalue weighted by Gasteiger charge is -2.15. The molecule has 1 rings (SSSR count). The number of halogens is 2. The van der Waals surface area contributed by atoms with Crippen LogP contribution in [-0.2, 0) is 4.79 Å². The van der Waals surface area contributed by atoms with E-state index in [1.807, 2.05) is 0 Å². The number of carbonyl (C=O) groups is 2. The second-order valence-electron chi connectivity index (χ2n) is 4.87. The number of nitrogens with one attached hydrogen (secondary N) is 2. The number of urea groups is 1. The highest BCUT2D eigenvalue weighted by Crippen LogP contribution is 2.24. The van der Waals surface area contributed by atoms with Gasteiger partial charge in [-0.25, -0.2) is 9.18 Å². The highest BCUT2D eigenvalue weighted by molar-refractivity contribution is 9.10. The Hall–Kier alpha value is -1.63.